The fraction of sp³-hybridized carbons (Fsp3) is 0.455. The van der Waals surface area contributed by atoms with E-state index in [0.29, 0.717) is 5.75 Å². The third-order valence-corrected chi connectivity index (χ3v) is 3.20. The quantitative estimate of drug-likeness (QED) is 0.541. The fourth-order valence-electron chi connectivity index (χ4n) is 2.26. The standard InChI is InChI=1S/C17H20O3.2C2H6.CH5NS/c1-12-10-14(4-3-9-18)11-13(2)17(12)20-16-7-5-15(19)6-8-16;2*1-2;1-3-2/h5-8,10-11,18-19H,3-4,9H2,1-2H3;2*1-2H3;2H2,1H3. The van der Waals surface area contributed by atoms with Crippen LogP contribution in [0.15, 0.2) is 36.4 Å². The largest absolute Gasteiger partial charge is 0.508 e. The van der Waals surface area contributed by atoms with Crippen molar-refractivity contribution in [1.29, 1.82) is 0 Å². The zero-order chi connectivity index (χ0) is 21.2. The van der Waals surface area contributed by atoms with Crippen molar-refractivity contribution >= 4 is 11.9 Å². The average Bonchev–Trinajstić information content (AvgIpc) is 2.68. The van der Waals surface area contributed by atoms with Crippen LogP contribution in [0.2, 0.25) is 0 Å². The summed E-state index contributed by atoms with van der Waals surface area (Å²) >= 11 is 1.25. The number of phenolic OH excluding ortho intramolecular Hbond substituents is 1. The molecule has 2 rings (SSSR count). The Morgan fingerprint density at radius 2 is 1.41 bits per heavy atom. The van der Waals surface area contributed by atoms with Gasteiger partial charge in [0.15, 0.2) is 0 Å². The second-order valence-electron chi connectivity index (χ2n) is 5.22. The summed E-state index contributed by atoms with van der Waals surface area (Å²) in [7, 11) is 0. The van der Waals surface area contributed by atoms with Gasteiger partial charge in [0.25, 0.3) is 0 Å². The van der Waals surface area contributed by atoms with E-state index in [-0.39, 0.29) is 12.4 Å². The molecule has 2 aromatic rings. The number of hydrogen-bond acceptors (Lipinski definition) is 5. The zero-order valence-corrected chi connectivity index (χ0v) is 18.7. The van der Waals surface area contributed by atoms with Crippen LogP contribution in [0.25, 0.3) is 0 Å². The first kappa shape index (κ1) is 27.5. The second kappa shape index (κ2) is 17.7. The van der Waals surface area contributed by atoms with Crippen molar-refractivity contribution in [3.05, 3.63) is 53.1 Å². The van der Waals surface area contributed by atoms with E-state index in [2.05, 4.69) is 12.1 Å². The molecule has 0 heterocycles. The van der Waals surface area contributed by atoms with E-state index in [4.69, 9.17) is 15.0 Å². The SMILES string of the molecule is CC.CC.CSN.Cc1cc(CCCO)cc(C)c1Oc1ccc(O)cc1. The van der Waals surface area contributed by atoms with Gasteiger partial charge >= 0.3 is 0 Å². The lowest BCUT2D eigenvalue weighted by molar-refractivity contribution is 0.288. The molecular formula is C22H37NO3S. The summed E-state index contributed by atoms with van der Waals surface area (Å²) in [5, 5.41) is 22.9. The van der Waals surface area contributed by atoms with Gasteiger partial charge in [0, 0.05) is 6.61 Å². The predicted molar refractivity (Wildman–Crippen MR) is 120 cm³/mol. The number of aliphatic hydroxyl groups is 1. The summed E-state index contributed by atoms with van der Waals surface area (Å²) < 4.78 is 5.89. The van der Waals surface area contributed by atoms with Crippen molar-refractivity contribution in [3.63, 3.8) is 0 Å². The molecule has 5 heteroatoms. The number of aryl methyl sites for hydroxylation is 3. The smallest absolute Gasteiger partial charge is 0.133 e. The van der Waals surface area contributed by atoms with Gasteiger partial charge in [0.1, 0.15) is 17.2 Å². The van der Waals surface area contributed by atoms with Crippen LogP contribution in [-0.4, -0.2) is 23.1 Å². The summed E-state index contributed by atoms with van der Waals surface area (Å²) in [6.07, 6.45) is 3.47. The van der Waals surface area contributed by atoms with Gasteiger partial charge in [0.05, 0.1) is 0 Å². The lowest BCUT2D eigenvalue weighted by atomic mass is 10.0. The Bertz CT molecular complexity index is 578. The highest BCUT2D eigenvalue weighted by atomic mass is 32.2. The van der Waals surface area contributed by atoms with Gasteiger partial charge in [0.2, 0.25) is 0 Å². The van der Waals surface area contributed by atoms with Crippen LogP contribution in [0.4, 0.5) is 0 Å². The first-order valence-electron chi connectivity index (χ1n) is 9.42. The Morgan fingerprint density at radius 3 is 1.81 bits per heavy atom. The second-order valence-corrected chi connectivity index (χ2v) is 5.69. The van der Waals surface area contributed by atoms with E-state index in [1.54, 1.807) is 24.3 Å². The van der Waals surface area contributed by atoms with Crippen LogP contribution < -0.4 is 9.88 Å². The van der Waals surface area contributed by atoms with E-state index in [0.717, 1.165) is 29.7 Å². The third kappa shape index (κ3) is 11.6. The van der Waals surface area contributed by atoms with Crippen LogP contribution in [0.3, 0.4) is 0 Å². The molecule has 0 aliphatic rings. The molecule has 154 valence electrons. The maximum absolute atomic E-state index is 9.27. The molecule has 0 saturated carbocycles. The molecule has 0 amide bonds. The molecule has 0 bridgehead atoms. The van der Waals surface area contributed by atoms with Crippen molar-refractivity contribution < 1.29 is 14.9 Å². The molecule has 0 aromatic heterocycles. The highest BCUT2D eigenvalue weighted by molar-refractivity contribution is 7.96. The number of aromatic hydroxyl groups is 1. The van der Waals surface area contributed by atoms with E-state index >= 15 is 0 Å². The minimum absolute atomic E-state index is 0.212. The molecule has 2 aromatic carbocycles. The summed E-state index contributed by atoms with van der Waals surface area (Å²) in [4.78, 5) is 0. The van der Waals surface area contributed by atoms with Gasteiger partial charge in [-0.1, -0.05) is 51.8 Å². The Morgan fingerprint density at radius 1 is 0.963 bits per heavy atom. The van der Waals surface area contributed by atoms with Gasteiger partial charge in [-0.2, -0.15) is 0 Å². The van der Waals surface area contributed by atoms with Crippen LogP contribution in [0, 0.1) is 13.8 Å². The molecule has 0 radical (unpaired) electrons. The summed E-state index contributed by atoms with van der Waals surface area (Å²) in [5.41, 5.74) is 3.36. The lowest BCUT2D eigenvalue weighted by Crippen LogP contribution is -1.96. The number of phenols is 1. The van der Waals surface area contributed by atoms with Crippen LogP contribution >= 0.6 is 11.9 Å². The number of benzene rings is 2. The Balaban J connectivity index is 0. The first-order valence-corrected chi connectivity index (χ1v) is 10.7. The highest BCUT2D eigenvalue weighted by Gasteiger charge is 2.08. The number of aliphatic hydroxyl groups excluding tert-OH is 1. The first-order chi connectivity index (χ1) is 13.0. The zero-order valence-electron chi connectivity index (χ0n) is 17.9. The topological polar surface area (TPSA) is 75.7 Å². The van der Waals surface area contributed by atoms with Crippen LogP contribution in [-0.2, 0) is 6.42 Å². The van der Waals surface area contributed by atoms with Crippen molar-refractivity contribution in [2.75, 3.05) is 12.9 Å². The average molecular weight is 396 g/mol. The minimum atomic E-state index is 0.212. The highest BCUT2D eigenvalue weighted by Crippen LogP contribution is 2.30. The normalized spacial score (nSPS) is 8.93. The monoisotopic (exact) mass is 395 g/mol. The van der Waals surface area contributed by atoms with Gasteiger partial charge in [-0.25, -0.2) is 0 Å². The Labute approximate surface area is 169 Å². The van der Waals surface area contributed by atoms with Gasteiger partial charge < -0.3 is 14.9 Å². The maximum Gasteiger partial charge on any atom is 0.133 e. The molecule has 0 spiro atoms. The number of hydrogen-bond donors (Lipinski definition) is 3. The van der Waals surface area contributed by atoms with Gasteiger partial charge in [-0.3, -0.25) is 5.14 Å². The lowest BCUT2D eigenvalue weighted by Gasteiger charge is -2.14. The molecule has 0 fully saturated rings. The number of nitrogens with two attached hydrogens (primary N) is 1. The Hall–Kier alpha value is -1.69. The summed E-state index contributed by atoms with van der Waals surface area (Å²) in [6, 6.07) is 10.9. The van der Waals surface area contributed by atoms with Crippen molar-refractivity contribution in [2.45, 2.75) is 54.4 Å². The molecule has 0 aliphatic carbocycles. The molecule has 0 atom stereocenters. The summed E-state index contributed by atoms with van der Waals surface area (Å²) in [6.45, 7) is 12.3. The number of ether oxygens (including phenoxy) is 1. The van der Waals surface area contributed by atoms with E-state index in [9.17, 15) is 5.11 Å². The summed E-state index contributed by atoms with van der Waals surface area (Å²) in [5.74, 6) is 1.78. The molecule has 27 heavy (non-hydrogen) atoms. The fourth-order valence-corrected chi connectivity index (χ4v) is 2.26. The molecular weight excluding hydrogens is 358 g/mol. The maximum atomic E-state index is 9.27. The predicted octanol–water partition coefficient (Wildman–Crippen LogP) is 6.00. The van der Waals surface area contributed by atoms with Gasteiger partial charge in [-0.15, -0.1) is 0 Å². The van der Waals surface area contributed by atoms with Gasteiger partial charge in [-0.05, 0) is 73.9 Å². The van der Waals surface area contributed by atoms with Crippen molar-refractivity contribution in [3.8, 4) is 17.2 Å². The van der Waals surface area contributed by atoms with Crippen LogP contribution in [0.1, 0.15) is 50.8 Å². The molecule has 4 nitrogen and oxygen atoms in total. The van der Waals surface area contributed by atoms with Crippen molar-refractivity contribution in [1.82, 2.24) is 0 Å². The van der Waals surface area contributed by atoms with Crippen LogP contribution in [0.5, 0.6) is 17.2 Å². The molecule has 0 saturated heterocycles. The van der Waals surface area contributed by atoms with E-state index in [1.807, 2.05) is 47.8 Å². The molecule has 0 aliphatic heterocycles. The van der Waals surface area contributed by atoms with E-state index in [1.165, 1.54) is 17.5 Å². The Kier molecular flexibility index (Phi) is 18.1. The van der Waals surface area contributed by atoms with E-state index < -0.39 is 0 Å². The van der Waals surface area contributed by atoms with Crippen molar-refractivity contribution in [2.24, 2.45) is 5.14 Å². The third-order valence-electron chi connectivity index (χ3n) is 3.20. The number of rotatable bonds is 5. The molecule has 0 unspecified atom stereocenters. The minimum Gasteiger partial charge on any atom is -0.508 e. The molecule has 4 N–H and O–H groups in total.